The number of benzene rings is 1. The van der Waals surface area contributed by atoms with E-state index < -0.39 is 11.7 Å². The van der Waals surface area contributed by atoms with Crippen LogP contribution in [0.1, 0.15) is 45.1 Å². The van der Waals surface area contributed by atoms with E-state index in [4.69, 9.17) is 4.42 Å². The maximum absolute atomic E-state index is 13.2. The molecule has 1 amide bonds. The third-order valence-electron chi connectivity index (χ3n) is 4.86. The van der Waals surface area contributed by atoms with Crippen molar-refractivity contribution in [3.63, 3.8) is 0 Å². The highest BCUT2D eigenvalue weighted by Crippen LogP contribution is 2.33. The molecule has 0 spiro atoms. The predicted molar refractivity (Wildman–Crippen MR) is 117 cm³/mol. The Balaban J connectivity index is 1.73. The van der Waals surface area contributed by atoms with Gasteiger partial charge in [0.2, 0.25) is 11.7 Å². The third-order valence-corrected chi connectivity index (χ3v) is 5.87. The lowest BCUT2D eigenvalue weighted by atomic mass is 10.2. The van der Waals surface area contributed by atoms with Crippen LogP contribution in [0.25, 0.3) is 17.3 Å². The number of alkyl halides is 3. The summed E-state index contributed by atoms with van der Waals surface area (Å²) < 4.78 is 46.7. The van der Waals surface area contributed by atoms with Gasteiger partial charge < -0.3 is 9.73 Å². The number of unbranched alkanes of at least 4 members (excludes halogenated alkanes) is 1. The molecule has 1 N–H and O–H groups in total. The molecule has 0 aliphatic rings. The number of hydrogen-bond acceptors (Lipinski definition) is 5. The molecule has 0 aliphatic heterocycles. The highest BCUT2D eigenvalue weighted by molar-refractivity contribution is 7.99. The fraction of sp³-hybridized carbons (Fsp3) is 0.409. The Labute approximate surface area is 188 Å². The maximum atomic E-state index is 13.2. The number of furan rings is 1. The van der Waals surface area contributed by atoms with Gasteiger partial charge in [0, 0.05) is 18.2 Å². The number of carbonyl (C=O) groups is 1. The largest absolute Gasteiger partial charge is 0.461 e. The molecule has 3 rings (SSSR count). The Morgan fingerprint density at radius 2 is 2.03 bits per heavy atom. The topological polar surface area (TPSA) is 73.0 Å². The first-order valence-electron chi connectivity index (χ1n) is 10.4. The molecule has 0 saturated heterocycles. The van der Waals surface area contributed by atoms with Gasteiger partial charge in [0.25, 0.3) is 0 Å². The van der Waals surface area contributed by atoms with Crippen molar-refractivity contribution in [2.24, 2.45) is 0 Å². The molecular formula is C22H25F3N4O2S. The van der Waals surface area contributed by atoms with E-state index in [0.717, 1.165) is 25.0 Å². The van der Waals surface area contributed by atoms with Gasteiger partial charge >= 0.3 is 6.18 Å². The summed E-state index contributed by atoms with van der Waals surface area (Å²) >= 11 is 1.38. The summed E-state index contributed by atoms with van der Waals surface area (Å²) in [4.78, 5) is 11.9. The van der Waals surface area contributed by atoms with Gasteiger partial charge in [-0.1, -0.05) is 24.8 Å². The Kier molecular flexibility index (Phi) is 8.00. The minimum Gasteiger partial charge on any atom is -0.461 e. The number of amides is 1. The summed E-state index contributed by atoms with van der Waals surface area (Å²) in [5.74, 6) is 1.40. The number of thioether (sulfide) groups is 1. The van der Waals surface area contributed by atoms with Crippen molar-refractivity contribution in [2.75, 3.05) is 5.75 Å². The Hall–Kier alpha value is -2.75. The molecule has 0 radical (unpaired) electrons. The maximum Gasteiger partial charge on any atom is 0.416 e. The third kappa shape index (κ3) is 6.15. The average molecular weight is 467 g/mol. The summed E-state index contributed by atoms with van der Waals surface area (Å²) in [5.41, 5.74) is -0.455. The fourth-order valence-electron chi connectivity index (χ4n) is 2.98. The smallest absolute Gasteiger partial charge is 0.416 e. The Bertz CT molecular complexity index is 1020. The van der Waals surface area contributed by atoms with Crippen LogP contribution in [-0.2, 0) is 11.0 Å². The molecule has 1 atom stereocenters. The number of halogens is 3. The van der Waals surface area contributed by atoms with Crippen LogP contribution in [0, 0.1) is 0 Å². The number of aromatic nitrogens is 3. The molecule has 2 aromatic heterocycles. The number of hydrogen-bond donors (Lipinski definition) is 1. The first-order chi connectivity index (χ1) is 15.3. The average Bonchev–Trinajstić information content (AvgIpc) is 3.42. The van der Waals surface area contributed by atoms with Crippen molar-refractivity contribution >= 4 is 17.7 Å². The first kappa shape index (κ1) is 23.9. The summed E-state index contributed by atoms with van der Waals surface area (Å²) in [6.45, 7) is 3.98. The van der Waals surface area contributed by atoms with Crippen molar-refractivity contribution in [1.82, 2.24) is 20.1 Å². The van der Waals surface area contributed by atoms with Gasteiger partial charge in [0.1, 0.15) is 0 Å². The number of carbonyl (C=O) groups excluding carboxylic acids is 1. The van der Waals surface area contributed by atoms with E-state index in [-0.39, 0.29) is 11.9 Å². The predicted octanol–water partition coefficient (Wildman–Crippen LogP) is 5.72. The summed E-state index contributed by atoms with van der Waals surface area (Å²) in [6, 6.07) is 8.54. The van der Waals surface area contributed by atoms with Crippen molar-refractivity contribution in [1.29, 1.82) is 0 Å². The van der Waals surface area contributed by atoms with Crippen molar-refractivity contribution in [3.05, 3.63) is 48.2 Å². The van der Waals surface area contributed by atoms with Crippen LogP contribution in [0.3, 0.4) is 0 Å². The minimum absolute atomic E-state index is 0.0246. The van der Waals surface area contributed by atoms with E-state index >= 15 is 0 Å². The van der Waals surface area contributed by atoms with Gasteiger partial charge in [-0.05, 0) is 56.5 Å². The quantitative estimate of drug-likeness (QED) is 0.305. The summed E-state index contributed by atoms with van der Waals surface area (Å²) in [5, 5.41) is 11.7. The standard InChI is InChI=1S/C22H25F3N4O2S/c1-3-15(2)26-19(30)11-4-5-13-32-21-28-27-20(18-10-7-12-31-18)29(21)17-9-6-8-16(14-17)22(23,24)25/h6-10,12,14-15H,3-5,11,13H2,1-2H3,(H,26,30). The highest BCUT2D eigenvalue weighted by atomic mass is 32.2. The number of nitrogens with one attached hydrogen (secondary N) is 1. The number of nitrogens with zero attached hydrogens (tertiary/aromatic N) is 3. The molecule has 10 heteroatoms. The van der Waals surface area contributed by atoms with Gasteiger partial charge in [-0.25, -0.2) is 0 Å². The van der Waals surface area contributed by atoms with Gasteiger partial charge in [0.15, 0.2) is 10.9 Å². The lowest BCUT2D eigenvalue weighted by Gasteiger charge is -2.12. The molecule has 2 heterocycles. The molecule has 1 unspecified atom stereocenters. The molecule has 6 nitrogen and oxygen atoms in total. The van der Waals surface area contributed by atoms with Crippen LogP contribution in [0.2, 0.25) is 0 Å². The van der Waals surface area contributed by atoms with E-state index in [0.29, 0.717) is 41.0 Å². The zero-order valence-electron chi connectivity index (χ0n) is 17.9. The zero-order chi connectivity index (χ0) is 23.1. The lowest BCUT2D eigenvalue weighted by Crippen LogP contribution is -2.31. The van der Waals surface area contributed by atoms with Crippen molar-refractivity contribution < 1.29 is 22.4 Å². The second-order valence-electron chi connectivity index (χ2n) is 7.35. The van der Waals surface area contributed by atoms with Crippen molar-refractivity contribution in [3.8, 4) is 17.3 Å². The molecule has 0 aliphatic carbocycles. The van der Waals surface area contributed by atoms with Crippen molar-refractivity contribution in [2.45, 2.75) is 56.9 Å². The van der Waals surface area contributed by atoms with Crippen LogP contribution >= 0.6 is 11.8 Å². The van der Waals surface area contributed by atoms with Crippen LogP contribution in [0.15, 0.2) is 52.2 Å². The molecule has 0 saturated carbocycles. The monoisotopic (exact) mass is 466 g/mol. The van der Waals surface area contributed by atoms with Gasteiger partial charge in [-0.2, -0.15) is 13.2 Å². The van der Waals surface area contributed by atoms with E-state index in [1.165, 1.54) is 24.1 Å². The molecule has 3 aromatic rings. The van der Waals surface area contributed by atoms with Gasteiger partial charge in [-0.15, -0.1) is 10.2 Å². The molecule has 1 aromatic carbocycles. The van der Waals surface area contributed by atoms with Crippen LogP contribution in [0.5, 0.6) is 0 Å². The SMILES string of the molecule is CCC(C)NC(=O)CCCCSc1nnc(-c2ccco2)n1-c1cccc(C(F)(F)F)c1. The molecule has 172 valence electrons. The molecular weight excluding hydrogens is 441 g/mol. The van der Waals surface area contributed by atoms with E-state index in [1.54, 1.807) is 22.8 Å². The van der Waals surface area contributed by atoms with Crippen LogP contribution < -0.4 is 5.32 Å². The second kappa shape index (κ2) is 10.7. The lowest BCUT2D eigenvalue weighted by molar-refractivity contribution is -0.137. The van der Waals surface area contributed by atoms with E-state index in [1.807, 2.05) is 13.8 Å². The fourth-order valence-corrected chi connectivity index (χ4v) is 3.93. The number of rotatable bonds is 10. The minimum atomic E-state index is -4.46. The van der Waals surface area contributed by atoms with Crippen LogP contribution in [0.4, 0.5) is 13.2 Å². The van der Waals surface area contributed by atoms with E-state index in [2.05, 4.69) is 15.5 Å². The van der Waals surface area contributed by atoms with Gasteiger partial charge in [-0.3, -0.25) is 9.36 Å². The highest BCUT2D eigenvalue weighted by Gasteiger charge is 2.31. The zero-order valence-corrected chi connectivity index (χ0v) is 18.7. The Morgan fingerprint density at radius 3 is 2.72 bits per heavy atom. The summed E-state index contributed by atoms with van der Waals surface area (Å²) in [7, 11) is 0. The van der Waals surface area contributed by atoms with Gasteiger partial charge in [0.05, 0.1) is 17.5 Å². The Morgan fingerprint density at radius 1 is 1.22 bits per heavy atom. The molecule has 0 fully saturated rings. The van der Waals surface area contributed by atoms with Crippen LogP contribution in [-0.4, -0.2) is 32.5 Å². The first-order valence-corrected chi connectivity index (χ1v) is 11.4. The normalized spacial score (nSPS) is 12.7. The van der Waals surface area contributed by atoms with E-state index in [9.17, 15) is 18.0 Å². The molecule has 32 heavy (non-hydrogen) atoms. The second-order valence-corrected chi connectivity index (χ2v) is 8.41. The summed E-state index contributed by atoms with van der Waals surface area (Å²) in [6.07, 6.45) is -0.217. The molecule has 0 bridgehead atoms.